The van der Waals surface area contributed by atoms with Crippen LogP contribution >= 0.6 is 0 Å². The summed E-state index contributed by atoms with van der Waals surface area (Å²) in [6.07, 6.45) is -0.0852. The monoisotopic (exact) mass is 146 g/mol. The van der Waals surface area contributed by atoms with E-state index in [0.717, 1.165) is 13.0 Å². The van der Waals surface area contributed by atoms with Gasteiger partial charge < -0.3 is 15.3 Å². The van der Waals surface area contributed by atoms with E-state index in [9.17, 15) is 4.79 Å². The van der Waals surface area contributed by atoms with E-state index in [2.05, 4.69) is 5.32 Å². The van der Waals surface area contributed by atoms with Gasteiger partial charge in [-0.1, -0.05) is 0 Å². The maximum atomic E-state index is 9.92. The highest BCUT2D eigenvalue weighted by Crippen LogP contribution is 1.79. The smallest absolute Gasteiger partial charge is 0.404 e. The van der Waals surface area contributed by atoms with Crippen LogP contribution in [0.1, 0.15) is 6.42 Å². The number of carbonyl (C=O) groups is 1. The molecule has 0 bridgehead atoms. The van der Waals surface area contributed by atoms with E-state index in [1.165, 1.54) is 0 Å². The van der Waals surface area contributed by atoms with Gasteiger partial charge >= 0.3 is 6.09 Å². The molecule has 0 saturated heterocycles. The standard InChI is InChI=1S/C6H14N2O2/c1-8(2)5-3-4-7-6(9)10/h7H,3-5H2,1-2H3,(H,9,10). The lowest BCUT2D eigenvalue weighted by molar-refractivity contribution is 0.194. The summed E-state index contributed by atoms with van der Waals surface area (Å²) in [6.45, 7) is 1.45. The van der Waals surface area contributed by atoms with E-state index < -0.39 is 6.09 Å². The average molecular weight is 146 g/mol. The highest BCUT2D eigenvalue weighted by Gasteiger charge is 1.93. The van der Waals surface area contributed by atoms with E-state index in [4.69, 9.17) is 5.11 Å². The first-order chi connectivity index (χ1) is 4.63. The van der Waals surface area contributed by atoms with Crippen molar-refractivity contribution in [3.63, 3.8) is 0 Å². The minimum absolute atomic E-state index is 0.535. The molecule has 0 radical (unpaired) electrons. The molecular formula is C6H14N2O2. The van der Waals surface area contributed by atoms with Gasteiger partial charge in [-0.05, 0) is 27.1 Å². The lowest BCUT2D eigenvalue weighted by Crippen LogP contribution is -2.25. The van der Waals surface area contributed by atoms with Crippen LogP contribution in [0.15, 0.2) is 0 Å². The Hall–Kier alpha value is -0.770. The Morgan fingerprint density at radius 2 is 2.20 bits per heavy atom. The van der Waals surface area contributed by atoms with Gasteiger partial charge in [0.15, 0.2) is 0 Å². The highest BCUT2D eigenvalue weighted by atomic mass is 16.4. The summed E-state index contributed by atoms with van der Waals surface area (Å²) in [5.74, 6) is 0. The Morgan fingerprint density at radius 1 is 1.60 bits per heavy atom. The number of rotatable bonds is 4. The van der Waals surface area contributed by atoms with Crippen molar-refractivity contribution >= 4 is 6.09 Å². The van der Waals surface area contributed by atoms with Crippen molar-refractivity contribution in [1.29, 1.82) is 0 Å². The van der Waals surface area contributed by atoms with Gasteiger partial charge in [0, 0.05) is 6.54 Å². The molecule has 0 fully saturated rings. The molecule has 10 heavy (non-hydrogen) atoms. The maximum absolute atomic E-state index is 9.92. The molecule has 0 unspecified atom stereocenters. The summed E-state index contributed by atoms with van der Waals surface area (Å²) in [7, 11) is 3.92. The van der Waals surface area contributed by atoms with Crippen LogP contribution in [0.25, 0.3) is 0 Å². The molecule has 0 heterocycles. The van der Waals surface area contributed by atoms with Crippen LogP contribution in [0, 0.1) is 0 Å². The molecule has 0 spiro atoms. The molecule has 0 rings (SSSR count). The van der Waals surface area contributed by atoms with Crippen LogP contribution in [0.3, 0.4) is 0 Å². The second-order valence-electron chi connectivity index (χ2n) is 2.39. The molecule has 4 heteroatoms. The van der Waals surface area contributed by atoms with Crippen molar-refractivity contribution < 1.29 is 9.90 Å². The fourth-order valence-corrected chi connectivity index (χ4v) is 0.591. The highest BCUT2D eigenvalue weighted by molar-refractivity contribution is 5.64. The predicted molar refractivity (Wildman–Crippen MR) is 39.2 cm³/mol. The largest absolute Gasteiger partial charge is 0.465 e. The van der Waals surface area contributed by atoms with Crippen molar-refractivity contribution in [3.05, 3.63) is 0 Å². The third kappa shape index (κ3) is 7.23. The summed E-state index contributed by atoms with van der Waals surface area (Å²) >= 11 is 0. The van der Waals surface area contributed by atoms with Gasteiger partial charge in [-0.2, -0.15) is 0 Å². The quantitative estimate of drug-likeness (QED) is 0.557. The number of amides is 1. The lowest BCUT2D eigenvalue weighted by atomic mass is 10.4. The van der Waals surface area contributed by atoms with E-state index in [-0.39, 0.29) is 0 Å². The van der Waals surface area contributed by atoms with E-state index >= 15 is 0 Å². The van der Waals surface area contributed by atoms with Gasteiger partial charge in [0.05, 0.1) is 0 Å². The van der Waals surface area contributed by atoms with E-state index in [0.29, 0.717) is 6.54 Å². The first-order valence-electron chi connectivity index (χ1n) is 3.24. The summed E-state index contributed by atoms with van der Waals surface area (Å²) in [4.78, 5) is 11.9. The van der Waals surface area contributed by atoms with Crippen LogP contribution in [0.5, 0.6) is 0 Å². The van der Waals surface area contributed by atoms with Crippen LogP contribution in [-0.4, -0.2) is 43.3 Å². The fraction of sp³-hybridized carbons (Fsp3) is 0.833. The van der Waals surface area contributed by atoms with Crippen LogP contribution < -0.4 is 5.32 Å². The first-order valence-corrected chi connectivity index (χ1v) is 3.24. The average Bonchev–Trinajstić information content (AvgIpc) is 1.79. The van der Waals surface area contributed by atoms with E-state index in [1.807, 2.05) is 19.0 Å². The molecule has 0 saturated carbocycles. The summed E-state index contributed by atoms with van der Waals surface area (Å²) < 4.78 is 0. The topological polar surface area (TPSA) is 52.6 Å². The van der Waals surface area contributed by atoms with Gasteiger partial charge in [0.1, 0.15) is 0 Å². The second-order valence-corrected chi connectivity index (χ2v) is 2.39. The maximum Gasteiger partial charge on any atom is 0.404 e. The Bertz CT molecular complexity index is 104. The molecule has 0 aliphatic rings. The Labute approximate surface area is 60.8 Å². The summed E-state index contributed by atoms with van der Waals surface area (Å²) in [6, 6.07) is 0. The van der Waals surface area contributed by atoms with Crippen molar-refractivity contribution in [2.75, 3.05) is 27.2 Å². The molecule has 1 amide bonds. The SMILES string of the molecule is CN(C)CCCNC(=O)O. The zero-order valence-corrected chi connectivity index (χ0v) is 6.42. The number of hydrogen-bond acceptors (Lipinski definition) is 2. The van der Waals surface area contributed by atoms with Crippen molar-refractivity contribution in [1.82, 2.24) is 10.2 Å². The number of hydrogen-bond donors (Lipinski definition) is 2. The first kappa shape index (κ1) is 9.23. The second kappa shape index (κ2) is 5.05. The molecule has 0 aromatic carbocycles. The Kier molecular flexibility index (Phi) is 4.66. The molecule has 0 aromatic heterocycles. The molecule has 60 valence electrons. The molecule has 0 aromatic rings. The lowest BCUT2D eigenvalue weighted by Gasteiger charge is -2.07. The van der Waals surface area contributed by atoms with Gasteiger partial charge in [-0.3, -0.25) is 0 Å². The molecule has 2 N–H and O–H groups in total. The minimum Gasteiger partial charge on any atom is -0.465 e. The van der Waals surface area contributed by atoms with Crippen LogP contribution in [-0.2, 0) is 0 Å². The Balaban J connectivity index is 2.98. The number of nitrogens with one attached hydrogen (secondary N) is 1. The van der Waals surface area contributed by atoms with Crippen molar-refractivity contribution in [2.45, 2.75) is 6.42 Å². The predicted octanol–water partition coefficient (Wildman–Crippen LogP) is 0.206. The molecule has 0 atom stereocenters. The third-order valence-electron chi connectivity index (χ3n) is 1.06. The van der Waals surface area contributed by atoms with Gasteiger partial charge in [0.25, 0.3) is 0 Å². The molecule has 4 nitrogen and oxygen atoms in total. The Morgan fingerprint density at radius 3 is 2.60 bits per heavy atom. The zero-order valence-electron chi connectivity index (χ0n) is 6.42. The molecule has 0 aliphatic heterocycles. The van der Waals surface area contributed by atoms with Crippen molar-refractivity contribution in [3.8, 4) is 0 Å². The van der Waals surface area contributed by atoms with Gasteiger partial charge in [-0.15, -0.1) is 0 Å². The van der Waals surface area contributed by atoms with Gasteiger partial charge in [0.2, 0.25) is 0 Å². The number of carboxylic acid groups (broad SMARTS) is 1. The van der Waals surface area contributed by atoms with Crippen LogP contribution in [0.4, 0.5) is 4.79 Å². The fourth-order valence-electron chi connectivity index (χ4n) is 0.591. The molecular weight excluding hydrogens is 132 g/mol. The minimum atomic E-state index is -0.946. The van der Waals surface area contributed by atoms with Gasteiger partial charge in [-0.25, -0.2) is 4.79 Å². The third-order valence-corrected chi connectivity index (χ3v) is 1.06. The molecule has 0 aliphatic carbocycles. The van der Waals surface area contributed by atoms with Crippen LogP contribution in [0.2, 0.25) is 0 Å². The summed E-state index contributed by atoms with van der Waals surface area (Å²) in [5, 5.41) is 10.4. The normalized spacial score (nSPS) is 9.90. The zero-order chi connectivity index (χ0) is 7.98. The number of nitrogens with zero attached hydrogens (tertiary/aromatic N) is 1. The van der Waals surface area contributed by atoms with E-state index in [1.54, 1.807) is 0 Å². The van der Waals surface area contributed by atoms with Crippen molar-refractivity contribution in [2.24, 2.45) is 0 Å². The summed E-state index contributed by atoms with van der Waals surface area (Å²) in [5.41, 5.74) is 0.